The number of carboxylic acids is 1. The van der Waals surface area contributed by atoms with E-state index in [1.54, 1.807) is 6.08 Å². The maximum absolute atomic E-state index is 12.9. The summed E-state index contributed by atoms with van der Waals surface area (Å²) in [4.78, 5) is 26.7. The van der Waals surface area contributed by atoms with Gasteiger partial charge in [-0.25, -0.2) is 4.98 Å². The van der Waals surface area contributed by atoms with E-state index in [0.29, 0.717) is 11.4 Å². The zero-order valence-electron chi connectivity index (χ0n) is 20.0. The number of carbonyl (C=O) groups is 2. The Morgan fingerprint density at radius 1 is 1.00 bits per heavy atom. The molecule has 2 aromatic carbocycles. The topological polar surface area (TPSA) is 107 Å². The quantitative estimate of drug-likeness (QED) is 0.302. The van der Waals surface area contributed by atoms with Gasteiger partial charge in [0.05, 0.1) is 11.4 Å². The molecule has 2 N–H and O–H groups in total. The Labute approximate surface area is 204 Å². The van der Waals surface area contributed by atoms with Gasteiger partial charge in [0, 0.05) is 24.4 Å². The molecular weight excluding hydrogens is 440 g/mol. The van der Waals surface area contributed by atoms with Gasteiger partial charge in [-0.2, -0.15) is 5.26 Å². The van der Waals surface area contributed by atoms with Crippen LogP contribution in [0, 0.1) is 32.1 Å². The van der Waals surface area contributed by atoms with E-state index >= 15 is 0 Å². The number of aromatic nitrogens is 2. The van der Waals surface area contributed by atoms with E-state index in [4.69, 9.17) is 14.9 Å². The summed E-state index contributed by atoms with van der Waals surface area (Å²) in [6.07, 6.45) is 3.50. The number of hydrogen-bond acceptors (Lipinski definition) is 4. The van der Waals surface area contributed by atoms with Gasteiger partial charge in [0.2, 0.25) is 0 Å². The van der Waals surface area contributed by atoms with Crippen molar-refractivity contribution in [1.82, 2.24) is 9.38 Å². The van der Waals surface area contributed by atoms with Gasteiger partial charge in [0.15, 0.2) is 0 Å². The van der Waals surface area contributed by atoms with Crippen molar-refractivity contribution in [1.29, 1.82) is 5.26 Å². The van der Waals surface area contributed by atoms with Crippen molar-refractivity contribution in [2.45, 2.75) is 27.7 Å². The van der Waals surface area contributed by atoms with Gasteiger partial charge in [-0.15, -0.1) is 0 Å². The molecule has 0 saturated heterocycles. The molecule has 7 heteroatoms. The number of pyridine rings is 1. The number of rotatable bonds is 4. The summed E-state index contributed by atoms with van der Waals surface area (Å²) < 4.78 is 1.91. The number of aliphatic carboxylic acids is 1. The molecule has 7 nitrogen and oxygen atoms in total. The summed E-state index contributed by atoms with van der Waals surface area (Å²) in [6, 6.07) is 21.4. The van der Waals surface area contributed by atoms with Crippen molar-refractivity contribution in [3.05, 3.63) is 94.8 Å². The normalized spacial score (nSPS) is 10.8. The molecule has 0 fully saturated rings. The third-order valence-corrected chi connectivity index (χ3v) is 5.34. The Hall–Kier alpha value is -4.70. The Bertz CT molecular complexity index is 1460. The average Bonchev–Trinajstić information content (AvgIpc) is 3.19. The lowest BCUT2D eigenvalue weighted by Gasteiger charge is -2.07. The first kappa shape index (κ1) is 24.9. The number of nitrogens with zero attached hydrogens (tertiary/aromatic N) is 3. The summed E-state index contributed by atoms with van der Waals surface area (Å²) >= 11 is 0. The second-order valence-electron chi connectivity index (χ2n) is 8.04. The van der Waals surface area contributed by atoms with Crippen LogP contribution in [-0.4, -0.2) is 26.4 Å². The first-order chi connectivity index (χ1) is 16.7. The van der Waals surface area contributed by atoms with Crippen LogP contribution in [0.4, 0.5) is 5.69 Å². The average molecular weight is 467 g/mol. The van der Waals surface area contributed by atoms with Gasteiger partial charge < -0.3 is 10.4 Å². The van der Waals surface area contributed by atoms with Crippen molar-refractivity contribution in [3.63, 3.8) is 0 Å². The standard InChI is InChI=1S/C26H22N4O.C2H4O2/c1-17-11-12-22(14-19(17)3)28-26(31)21(16-27)15-23-24(20-9-5-4-6-10-20)29-25-18(2)8-7-13-30(23)25;1-2(3)4/h4-15H,1-3H3,(H,28,31);1H3,(H,3,4). The minimum Gasteiger partial charge on any atom is -0.481 e. The summed E-state index contributed by atoms with van der Waals surface area (Å²) in [5, 5.41) is 20.0. The predicted molar refractivity (Wildman–Crippen MR) is 137 cm³/mol. The third kappa shape index (κ3) is 6.01. The van der Waals surface area contributed by atoms with Crippen LogP contribution in [-0.2, 0) is 9.59 Å². The zero-order chi connectivity index (χ0) is 25.5. The van der Waals surface area contributed by atoms with Crippen molar-refractivity contribution in [2.75, 3.05) is 5.32 Å². The molecule has 0 aliphatic heterocycles. The molecule has 0 saturated carbocycles. The van der Waals surface area contributed by atoms with Gasteiger partial charge in [-0.1, -0.05) is 42.5 Å². The molecule has 0 bridgehead atoms. The van der Waals surface area contributed by atoms with Crippen molar-refractivity contribution in [2.24, 2.45) is 0 Å². The number of nitrogens with one attached hydrogen (secondary N) is 1. The molecule has 2 aromatic heterocycles. The smallest absolute Gasteiger partial charge is 0.300 e. The van der Waals surface area contributed by atoms with E-state index in [1.807, 2.05) is 92.0 Å². The molecule has 2 heterocycles. The lowest BCUT2D eigenvalue weighted by atomic mass is 10.1. The number of anilines is 1. The van der Waals surface area contributed by atoms with Crippen LogP contribution in [0.25, 0.3) is 23.0 Å². The van der Waals surface area contributed by atoms with E-state index in [9.17, 15) is 10.1 Å². The molecule has 4 aromatic rings. The Morgan fingerprint density at radius 2 is 1.69 bits per heavy atom. The number of carboxylic acid groups (broad SMARTS) is 1. The summed E-state index contributed by atoms with van der Waals surface area (Å²) in [5.74, 6) is -1.28. The van der Waals surface area contributed by atoms with E-state index in [1.165, 1.54) is 0 Å². The van der Waals surface area contributed by atoms with E-state index in [2.05, 4.69) is 11.4 Å². The minimum atomic E-state index is -0.833. The highest BCUT2D eigenvalue weighted by Crippen LogP contribution is 2.28. The number of benzene rings is 2. The Morgan fingerprint density at radius 3 is 2.31 bits per heavy atom. The fraction of sp³-hybridized carbons (Fsp3) is 0.143. The zero-order valence-corrected chi connectivity index (χ0v) is 20.0. The molecule has 0 unspecified atom stereocenters. The fourth-order valence-electron chi connectivity index (χ4n) is 3.47. The number of imidazole rings is 1. The molecule has 0 aliphatic carbocycles. The van der Waals surface area contributed by atoms with Crippen LogP contribution in [0.5, 0.6) is 0 Å². The molecule has 0 spiro atoms. The minimum absolute atomic E-state index is 0.0127. The van der Waals surface area contributed by atoms with Gasteiger partial charge in [0.25, 0.3) is 11.9 Å². The van der Waals surface area contributed by atoms with Gasteiger partial charge in [-0.3, -0.25) is 14.0 Å². The third-order valence-electron chi connectivity index (χ3n) is 5.34. The number of nitriles is 1. The van der Waals surface area contributed by atoms with Gasteiger partial charge in [0.1, 0.15) is 17.3 Å². The number of carbonyl (C=O) groups excluding carboxylic acids is 1. The van der Waals surface area contributed by atoms with Crippen LogP contribution >= 0.6 is 0 Å². The van der Waals surface area contributed by atoms with Crippen LogP contribution in [0.2, 0.25) is 0 Å². The van der Waals surface area contributed by atoms with Crippen LogP contribution in [0.3, 0.4) is 0 Å². The summed E-state index contributed by atoms with van der Waals surface area (Å²) in [7, 11) is 0. The van der Waals surface area contributed by atoms with Gasteiger partial charge >= 0.3 is 0 Å². The fourth-order valence-corrected chi connectivity index (χ4v) is 3.47. The first-order valence-electron chi connectivity index (χ1n) is 10.9. The second kappa shape index (κ2) is 10.9. The molecule has 4 rings (SSSR count). The number of fused-ring (bicyclic) bond motifs is 1. The first-order valence-corrected chi connectivity index (χ1v) is 10.9. The maximum atomic E-state index is 12.9. The van der Waals surface area contributed by atoms with E-state index in [-0.39, 0.29) is 5.57 Å². The van der Waals surface area contributed by atoms with E-state index in [0.717, 1.165) is 40.5 Å². The van der Waals surface area contributed by atoms with Crippen molar-refractivity contribution >= 4 is 29.3 Å². The SMILES string of the molecule is CC(=O)O.Cc1ccc(NC(=O)C(C#N)=Cc2c(-c3ccccc3)nc3c(C)cccn23)cc1C. The molecule has 0 atom stereocenters. The second-order valence-corrected chi connectivity index (χ2v) is 8.04. The molecule has 0 radical (unpaired) electrons. The molecule has 0 aliphatic rings. The highest BCUT2D eigenvalue weighted by Gasteiger charge is 2.17. The molecular formula is C28H26N4O3. The largest absolute Gasteiger partial charge is 0.481 e. The highest BCUT2D eigenvalue weighted by molar-refractivity contribution is 6.10. The van der Waals surface area contributed by atoms with Crippen LogP contribution < -0.4 is 5.32 Å². The number of aryl methyl sites for hydroxylation is 3. The maximum Gasteiger partial charge on any atom is 0.300 e. The lowest BCUT2D eigenvalue weighted by Crippen LogP contribution is -2.13. The highest BCUT2D eigenvalue weighted by atomic mass is 16.4. The van der Waals surface area contributed by atoms with Crippen molar-refractivity contribution in [3.8, 4) is 17.3 Å². The molecule has 35 heavy (non-hydrogen) atoms. The lowest BCUT2D eigenvalue weighted by molar-refractivity contribution is -0.134. The van der Waals surface area contributed by atoms with Crippen LogP contribution in [0.15, 0.2) is 72.4 Å². The summed E-state index contributed by atoms with van der Waals surface area (Å²) in [6.45, 7) is 7.07. The van der Waals surface area contributed by atoms with Gasteiger partial charge in [-0.05, 0) is 61.7 Å². The summed E-state index contributed by atoms with van der Waals surface area (Å²) in [5.41, 5.74) is 7.02. The molecule has 176 valence electrons. The van der Waals surface area contributed by atoms with Crippen molar-refractivity contribution < 1.29 is 14.7 Å². The predicted octanol–water partition coefficient (Wildman–Crippen LogP) is 5.56. The Kier molecular flexibility index (Phi) is 7.80. The number of hydrogen-bond donors (Lipinski definition) is 2. The Balaban J connectivity index is 0.000000795. The molecule has 1 amide bonds. The van der Waals surface area contributed by atoms with E-state index < -0.39 is 11.9 Å². The van der Waals surface area contributed by atoms with Crippen LogP contribution in [0.1, 0.15) is 29.3 Å². The number of amides is 1. The monoisotopic (exact) mass is 466 g/mol.